The van der Waals surface area contributed by atoms with Gasteiger partial charge in [-0.15, -0.1) is 11.3 Å². The number of aromatic nitrogens is 1. The Labute approximate surface area is 214 Å². The van der Waals surface area contributed by atoms with Crippen molar-refractivity contribution in [3.8, 4) is 17.3 Å². The van der Waals surface area contributed by atoms with E-state index in [4.69, 9.17) is 11.6 Å². The van der Waals surface area contributed by atoms with E-state index in [2.05, 4.69) is 54.5 Å². The van der Waals surface area contributed by atoms with Crippen molar-refractivity contribution in [3.63, 3.8) is 0 Å². The van der Waals surface area contributed by atoms with Crippen LogP contribution in [-0.4, -0.2) is 10.8 Å². The average molecular weight is 498 g/mol. The third kappa shape index (κ3) is 6.05. The van der Waals surface area contributed by atoms with Gasteiger partial charge in [-0.2, -0.15) is 5.26 Å². The van der Waals surface area contributed by atoms with E-state index in [-0.39, 0.29) is 5.78 Å². The summed E-state index contributed by atoms with van der Waals surface area (Å²) in [6.07, 6.45) is 2.62. The summed E-state index contributed by atoms with van der Waals surface area (Å²) >= 11 is 7.58. The highest BCUT2D eigenvalue weighted by Gasteiger charge is 2.15. The van der Waals surface area contributed by atoms with Gasteiger partial charge in [0.15, 0.2) is 5.78 Å². The number of carbonyl (C=O) groups excluding carboxylic acids is 1. The molecule has 4 nitrogen and oxygen atoms in total. The number of anilines is 1. The van der Waals surface area contributed by atoms with E-state index in [1.165, 1.54) is 16.9 Å². The molecule has 0 saturated heterocycles. The zero-order valence-corrected chi connectivity index (χ0v) is 21.0. The summed E-state index contributed by atoms with van der Waals surface area (Å²) in [5.74, 6) is 0.451. The minimum absolute atomic E-state index is 0.153. The fourth-order valence-corrected chi connectivity index (χ4v) is 4.65. The van der Waals surface area contributed by atoms with Crippen LogP contribution in [0.4, 0.5) is 5.69 Å². The summed E-state index contributed by atoms with van der Waals surface area (Å²) < 4.78 is 0. The number of nitriles is 1. The summed E-state index contributed by atoms with van der Waals surface area (Å²) in [4.78, 5) is 17.7. The maximum Gasteiger partial charge on any atom is 0.195 e. The largest absolute Gasteiger partial charge is 0.360 e. The second-order valence-electron chi connectivity index (χ2n) is 8.53. The molecule has 0 aliphatic carbocycles. The van der Waals surface area contributed by atoms with Gasteiger partial charge in [0.1, 0.15) is 16.6 Å². The van der Waals surface area contributed by atoms with Crippen molar-refractivity contribution >= 4 is 40.0 Å². The molecular weight excluding hydrogens is 474 g/mol. The van der Waals surface area contributed by atoms with Gasteiger partial charge < -0.3 is 5.32 Å². The van der Waals surface area contributed by atoms with Gasteiger partial charge in [-0.3, -0.25) is 4.79 Å². The highest BCUT2D eigenvalue weighted by molar-refractivity contribution is 7.11. The summed E-state index contributed by atoms with van der Waals surface area (Å²) in [5.41, 5.74) is 5.07. The van der Waals surface area contributed by atoms with Crippen LogP contribution in [0, 0.1) is 17.2 Å². The Balaban J connectivity index is 1.57. The lowest BCUT2D eigenvalue weighted by Gasteiger charge is -2.10. The molecule has 0 amide bonds. The molecule has 0 unspecified atom stereocenters. The van der Waals surface area contributed by atoms with E-state index >= 15 is 0 Å². The van der Waals surface area contributed by atoms with Crippen LogP contribution in [0.25, 0.3) is 16.8 Å². The maximum atomic E-state index is 13.1. The number of hydrogen-bond acceptors (Lipinski definition) is 5. The lowest BCUT2D eigenvalue weighted by Crippen LogP contribution is -2.05. The Morgan fingerprint density at radius 1 is 1.11 bits per heavy atom. The number of thiazole rings is 1. The second-order valence-corrected chi connectivity index (χ2v) is 9.83. The molecule has 4 aromatic rings. The molecule has 0 aliphatic rings. The van der Waals surface area contributed by atoms with Gasteiger partial charge in [0, 0.05) is 39.0 Å². The van der Waals surface area contributed by atoms with Crippen molar-refractivity contribution in [1.82, 2.24) is 4.98 Å². The van der Waals surface area contributed by atoms with E-state index in [0.29, 0.717) is 38.3 Å². The highest BCUT2D eigenvalue weighted by atomic mass is 35.5. The van der Waals surface area contributed by atoms with E-state index in [0.717, 1.165) is 17.7 Å². The Morgan fingerprint density at radius 3 is 2.54 bits per heavy atom. The van der Waals surface area contributed by atoms with Gasteiger partial charge >= 0.3 is 0 Å². The summed E-state index contributed by atoms with van der Waals surface area (Å²) in [5, 5.41) is 15.9. The first-order chi connectivity index (χ1) is 16.9. The molecule has 0 bridgehead atoms. The SMILES string of the molecule is CC(C)Cc1ccc(-c2csc(/C(C#N)=C/Nc3ccc(Cl)cc3C(=O)c3ccccc3)n2)cc1. The number of halogens is 1. The topological polar surface area (TPSA) is 65.8 Å². The minimum Gasteiger partial charge on any atom is -0.360 e. The van der Waals surface area contributed by atoms with Gasteiger partial charge in [-0.25, -0.2) is 4.98 Å². The third-order valence-electron chi connectivity index (χ3n) is 5.38. The standard InChI is InChI=1S/C29H24ClN3OS/c1-19(2)14-20-8-10-21(11-9-20)27-18-35-29(33-27)23(16-31)17-32-26-13-12-24(30)15-25(26)28(34)22-6-4-3-5-7-22/h3-13,15,17-19,32H,14H2,1-2H3/b23-17+. The zero-order valence-electron chi connectivity index (χ0n) is 19.5. The van der Waals surface area contributed by atoms with Gasteiger partial charge in [-0.1, -0.05) is 80.0 Å². The summed E-state index contributed by atoms with van der Waals surface area (Å²) in [7, 11) is 0. The Kier molecular flexibility index (Phi) is 7.77. The molecule has 4 rings (SSSR count). The van der Waals surface area contributed by atoms with E-state index in [1.54, 1.807) is 36.5 Å². The smallest absolute Gasteiger partial charge is 0.195 e. The van der Waals surface area contributed by atoms with E-state index < -0.39 is 0 Å². The molecule has 0 aliphatic heterocycles. The second kappa shape index (κ2) is 11.1. The first-order valence-electron chi connectivity index (χ1n) is 11.3. The Bertz CT molecular complexity index is 1400. The quantitative estimate of drug-likeness (QED) is 0.198. The van der Waals surface area contributed by atoms with E-state index in [1.807, 2.05) is 23.6 Å². The summed E-state index contributed by atoms with van der Waals surface area (Å²) in [6.45, 7) is 4.41. The number of ketones is 1. The van der Waals surface area contributed by atoms with Crippen molar-refractivity contribution in [3.05, 3.63) is 111 Å². The number of nitrogens with zero attached hydrogens (tertiary/aromatic N) is 2. The van der Waals surface area contributed by atoms with Crippen molar-refractivity contribution in [1.29, 1.82) is 5.26 Å². The maximum absolute atomic E-state index is 13.1. The van der Waals surface area contributed by atoms with Crippen LogP contribution in [0.2, 0.25) is 5.02 Å². The van der Waals surface area contributed by atoms with Crippen LogP contribution in [0.1, 0.15) is 40.3 Å². The molecule has 6 heteroatoms. The molecule has 0 spiro atoms. The van der Waals surface area contributed by atoms with Crippen molar-refractivity contribution in [2.75, 3.05) is 5.32 Å². The molecule has 35 heavy (non-hydrogen) atoms. The Morgan fingerprint density at radius 2 is 1.86 bits per heavy atom. The molecule has 1 heterocycles. The number of nitrogens with one attached hydrogen (secondary N) is 1. The molecule has 0 fully saturated rings. The number of carbonyl (C=O) groups is 1. The summed E-state index contributed by atoms with van der Waals surface area (Å²) in [6, 6.07) is 24.7. The number of hydrogen-bond donors (Lipinski definition) is 1. The van der Waals surface area contributed by atoms with Crippen LogP contribution < -0.4 is 5.32 Å². The van der Waals surface area contributed by atoms with E-state index in [9.17, 15) is 10.1 Å². The molecule has 0 radical (unpaired) electrons. The molecule has 1 N–H and O–H groups in total. The van der Waals surface area contributed by atoms with Crippen LogP contribution >= 0.6 is 22.9 Å². The fourth-order valence-electron chi connectivity index (χ4n) is 3.68. The van der Waals surface area contributed by atoms with Crippen molar-refractivity contribution < 1.29 is 4.79 Å². The lowest BCUT2D eigenvalue weighted by molar-refractivity contribution is 0.103. The van der Waals surface area contributed by atoms with Crippen LogP contribution in [0.3, 0.4) is 0 Å². The predicted molar refractivity (Wildman–Crippen MR) is 145 cm³/mol. The van der Waals surface area contributed by atoms with Crippen LogP contribution in [0.5, 0.6) is 0 Å². The van der Waals surface area contributed by atoms with Gasteiger partial charge in [0.05, 0.1) is 5.69 Å². The molecule has 0 saturated carbocycles. The van der Waals surface area contributed by atoms with Gasteiger partial charge in [0.25, 0.3) is 0 Å². The van der Waals surface area contributed by atoms with Crippen LogP contribution in [0.15, 0.2) is 84.4 Å². The lowest BCUT2D eigenvalue weighted by atomic mass is 10.0. The minimum atomic E-state index is -0.153. The Hall–Kier alpha value is -3.72. The van der Waals surface area contributed by atoms with Gasteiger partial charge in [-0.05, 0) is 36.1 Å². The highest BCUT2D eigenvalue weighted by Crippen LogP contribution is 2.28. The number of allylic oxidation sites excluding steroid dienone is 1. The zero-order chi connectivity index (χ0) is 24.8. The van der Waals surface area contributed by atoms with Crippen LogP contribution in [-0.2, 0) is 6.42 Å². The number of rotatable bonds is 8. The van der Waals surface area contributed by atoms with Gasteiger partial charge in [0.2, 0.25) is 0 Å². The predicted octanol–water partition coefficient (Wildman–Crippen LogP) is 7.87. The first-order valence-corrected chi connectivity index (χ1v) is 12.5. The molecule has 174 valence electrons. The molecule has 0 atom stereocenters. The van der Waals surface area contributed by atoms with Crippen molar-refractivity contribution in [2.24, 2.45) is 5.92 Å². The molecule has 1 aromatic heterocycles. The average Bonchev–Trinajstić information content (AvgIpc) is 3.35. The normalized spacial score (nSPS) is 11.3. The van der Waals surface area contributed by atoms with Crippen molar-refractivity contribution in [2.45, 2.75) is 20.3 Å². The first kappa shape index (κ1) is 24.4. The fraction of sp³-hybridized carbons (Fsp3) is 0.138. The molecular formula is C29H24ClN3OS. The third-order valence-corrected chi connectivity index (χ3v) is 6.49. The molecule has 3 aromatic carbocycles. The monoisotopic (exact) mass is 497 g/mol. The number of benzene rings is 3.